The fraction of sp³-hybridized carbons (Fsp3) is 0.348. The highest BCUT2D eigenvalue weighted by Gasteiger charge is 2.24. The molecule has 0 saturated carbocycles. The van der Waals surface area contributed by atoms with E-state index in [0.717, 1.165) is 35.0 Å². The quantitative estimate of drug-likeness (QED) is 0.326. The summed E-state index contributed by atoms with van der Waals surface area (Å²) in [6.07, 6.45) is 4.64. The van der Waals surface area contributed by atoms with Gasteiger partial charge < -0.3 is 5.32 Å². The minimum atomic E-state index is -0.349. The first kappa shape index (κ1) is 21.8. The third kappa shape index (κ3) is 4.60. The molecule has 0 radical (unpaired) electrons. The average Bonchev–Trinajstić information content (AvgIpc) is 3.11. The SMILES string of the molecule is C=CCn1c(SCC(=O)NCc2ccccc2F)nc2sc3c(c2c1=O)CCC(C)C3. The summed E-state index contributed by atoms with van der Waals surface area (Å²) in [7, 11) is 0. The summed E-state index contributed by atoms with van der Waals surface area (Å²) >= 11 is 2.81. The maximum atomic E-state index is 13.7. The molecule has 5 nitrogen and oxygen atoms in total. The highest BCUT2D eigenvalue weighted by molar-refractivity contribution is 7.99. The molecule has 1 amide bonds. The lowest BCUT2D eigenvalue weighted by molar-refractivity contribution is -0.118. The fourth-order valence-electron chi connectivity index (χ4n) is 3.82. The molecule has 0 saturated heterocycles. The number of amides is 1. The second-order valence-electron chi connectivity index (χ2n) is 7.79. The van der Waals surface area contributed by atoms with Crippen molar-refractivity contribution in [2.24, 2.45) is 5.92 Å². The van der Waals surface area contributed by atoms with Crippen LogP contribution in [0, 0.1) is 11.7 Å². The van der Waals surface area contributed by atoms with Crippen LogP contribution in [0.15, 0.2) is 46.9 Å². The van der Waals surface area contributed by atoms with E-state index in [1.54, 1.807) is 40.2 Å². The molecular formula is C23H24FN3O2S2. The molecule has 0 spiro atoms. The van der Waals surface area contributed by atoms with Gasteiger partial charge in [0.25, 0.3) is 5.56 Å². The summed E-state index contributed by atoms with van der Waals surface area (Å²) in [5, 5.41) is 3.95. The summed E-state index contributed by atoms with van der Waals surface area (Å²) in [6, 6.07) is 6.35. The largest absolute Gasteiger partial charge is 0.351 e. The number of halogens is 1. The molecule has 0 bridgehead atoms. The zero-order valence-electron chi connectivity index (χ0n) is 17.3. The molecule has 1 aromatic carbocycles. The molecule has 31 heavy (non-hydrogen) atoms. The Kier molecular flexibility index (Phi) is 6.57. The van der Waals surface area contributed by atoms with Crippen molar-refractivity contribution in [2.75, 3.05) is 5.75 Å². The van der Waals surface area contributed by atoms with Gasteiger partial charge in [-0.05, 0) is 36.8 Å². The minimum absolute atomic E-state index is 0.0637. The van der Waals surface area contributed by atoms with Gasteiger partial charge in [0.05, 0.1) is 11.1 Å². The summed E-state index contributed by atoms with van der Waals surface area (Å²) in [5.41, 5.74) is 1.51. The number of hydrogen-bond donors (Lipinski definition) is 1. The van der Waals surface area contributed by atoms with Gasteiger partial charge in [0.1, 0.15) is 10.6 Å². The summed E-state index contributed by atoms with van der Waals surface area (Å²) in [4.78, 5) is 32.4. The molecule has 0 aliphatic heterocycles. The fourth-order valence-corrected chi connectivity index (χ4v) is 6.08. The van der Waals surface area contributed by atoms with Crippen molar-refractivity contribution >= 4 is 39.2 Å². The molecular weight excluding hydrogens is 433 g/mol. The van der Waals surface area contributed by atoms with Crippen molar-refractivity contribution < 1.29 is 9.18 Å². The van der Waals surface area contributed by atoms with Gasteiger partial charge in [-0.15, -0.1) is 17.9 Å². The Morgan fingerprint density at radius 2 is 2.26 bits per heavy atom. The van der Waals surface area contributed by atoms with Crippen LogP contribution in [0.4, 0.5) is 4.39 Å². The molecule has 1 N–H and O–H groups in total. The van der Waals surface area contributed by atoms with Gasteiger partial charge >= 0.3 is 0 Å². The number of allylic oxidation sites excluding steroid dienone is 1. The monoisotopic (exact) mass is 457 g/mol. The third-order valence-corrected chi connectivity index (χ3v) is 7.58. The van der Waals surface area contributed by atoms with Gasteiger partial charge in [-0.2, -0.15) is 0 Å². The van der Waals surface area contributed by atoms with Crippen molar-refractivity contribution in [3.63, 3.8) is 0 Å². The second kappa shape index (κ2) is 9.36. The molecule has 1 aliphatic carbocycles. The maximum Gasteiger partial charge on any atom is 0.263 e. The third-order valence-electron chi connectivity index (χ3n) is 5.46. The van der Waals surface area contributed by atoms with E-state index in [2.05, 4.69) is 18.8 Å². The van der Waals surface area contributed by atoms with Gasteiger partial charge in [0.15, 0.2) is 5.16 Å². The van der Waals surface area contributed by atoms with Crippen LogP contribution in [0.5, 0.6) is 0 Å². The Morgan fingerprint density at radius 3 is 3.03 bits per heavy atom. The number of carbonyl (C=O) groups is 1. The van der Waals surface area contributed by atoms with E-state index in [-0.39, 0.29) is 29.6 Å². The van der Waals surface area contributed by atoms with Gasteiger partial charge in [-0.1, -0.05) is 43.0 Å². The highest BCUT2D eigenvalue weighted by atomic mass is 32.2. The summed E-state index contributed by atoms with van der Waals surface area (Å²) < 4.78 is 15.3. The normalized spacial score (nSPS) is 15.6. The van der Waals surface area contributed by atoms with E-state index >= 15 is 0 Å². The molecule has 2 aromatic heterocycles. The number of aryl methyl sites for hydroxylation is 1. The number of rotatable bonds is 7. The number of nitrogens with one attached hydrogen (secondary N) is 1. The molecule has 3 aromatic rings. The molecule has 0 fully saturated rings. The lowest BCUT2D eigenvalue weighted by Crippen LogP contribution is -2.27. The topological polar surface area (TPSA) is 64.0 Å². The van der Waals surface area contributed by atoms with E-state index in [4.69, 9.17) is 4.98 Å². The molecule has 4 rings (SSSR count). The van der Waals surface area contributed by atoms with Crippen LogP contribution in [0.3, 0.4) is 0 Å². The maximum absolute atomic E-state index is 13.7. The molecule has 1 aliphatic rings. The number of fused-ring (bicyclic) bond motifs is 3. The van der Waals surface area contributed by atoms with Gasteiger partial charge in [-0.25, -0.2) is 9.37 Å². The van der Waals surface area contributed by atoms with E-state index in [1.807, 2.05) is 0 Å². The predicted molar refractivity (Wildman–Crippen MR) is 124 cm³/mol. The summed E-state index contributed by atoms with van der Waals surface area (Å²) in [5.74, 6) is 0.111. The van der Waals surface area contributed by atoms with Crippen molar-refractivity contribution in [2.45, 2.75) is 44.4 Å². The number of thioether (sulfide) groups is 1. The smallest absolute Gasteiger partial charge is 0.263 e. The van der Waals surface area contributed by atoms with E-state index in [9.17, 15) is 14.0 Å². The number of aromatic nitrogens is 2. The van der Waals surface area contributed by atoms with Crippen LogP contribution in [-0.4, -0.2) is 21.2 Å². The number of benzene rings is 1. The number of thiophene rings is 1. The Balaban J connectivity index is 1.54. The van der Waals surface area contributed by atoms with Gasteiger partial charge in [0, 0.05) is 23.5 Å². The van der Waals surface area contributed by atoms with E-state index in [1.165, 1.54) is 22.7 Å². The van der Waals surface area contributed by atoms with Crippen molar-refractivity contribution in [1.29, 1.82) is 0 Å². The standard InChI is InChI=1S/C23H24FN3O2S2/c1-3-10-27-22(29)20-16-9-8-14(2)11-18(16)31-21(20)26-23(27)30-13-19(28)25-12-15-6-4-5-7-17(15)24/h3-7,14H,1,8-13H2,2H3,(H,25,28). The number of carbonyl (C=O) groups excluding carboxylic acids is 1. The Morgan fingerprint density at radius 1 is 1.45 bits per heavy atom. The molecule has 2 heterocycles. The first-order valence-electron chi connectivity index (χ1n) is 10.3. The van der Waals surface area contributed by atoms with Gasteiger partial charge in [-0.3, -0.25) is 14.2 Å². The highest BCUT2D eigenvalue weighted by Crippen LogP contribution is 2.36. The predicted octanol–water partition coefficient (Wildman–Crippen LogP) is 4.32. The van der Waals surface area contributed by atoms with Crippen LogP contribution in [0.1, 0.15) is 29.3 Å². The van der Waals surface area contributed by atoms with Crippen molar-refractivity contribution in [3.8, 4) is 0 Å². The van der Waals surface area contributed by atoms with Crippen LogP contribution >= 0.6 is 23.1 Å². The number of nitrogens with zero attached hydrogens (tertiary/aromatic N) is 2. The first-order chi connectivity index (χ1) is 15.0. The molecule has 1 atom stereocenters. The van der Waals surface area contributed by atoms with Crippen LogP contribution < -0.4 is 10.9 Å². The minimum Gasteiger partial charge on any atom is -0.351 e. The van der Waals surface area contributed by atoms with Crippen LogP contribution in [0.2, 0.25) is 0 Å². The Hall–Kier alpha value is -2.45. The Labute approximate surface area is 188 Å². The molecule has 162 valence electrons. The average molecular weight is 458 g/mol. The van der Waals surface area contributed by atoms with Gasteiger partial charge in [0.2, 0.25) is 5.91 Å². The second-order valence-corrected chi connectivity index (χ2v) is 9.81. The van der Waals surface area contributed by atoms with Crippen LogP contribution in [0.25, 0.3) is 10.2 Å². The molecule has 8 heteroatoms. The lowest BCUT2D eigenvalue weighted by Gasteiger charge is -2.17. The lowest BCUT2D eigenvalue weighted by atomic mass is 9.89. The van der Waals surface area contributed by atoms with E-state index < -0.39 is 0 Å². The van der Waals surface area contributed by atoms with E-state index in [0.29, 0.717) is 23.2 Å². The zero-order chi connectivity index (χ0) is 22.0. The Bertz CT molecular complexity index is 1200. The molecule has 1 unspecified atom stereocenters. The van der Waals surface area contributed by atoms with Crippen molar-refractivity contribution in [3.05, 3.63) is 69.1 Å². The van der Waals surface area contributed by atoms with Crippen LogP contribution in [-0.2, 0) is 30.7 Å². The zero-order valence-corrected chi connectivity index (χ0v) is 19.0. The number of hydrogen-bond acceptors (Lipinski definition) is 5. The van der Waals surface area contributed by atoms with Crippen molar-refractivity contribution in [1.82, 2.24) is 14.9 Å². The summed E-state index contributed by atoms with van der Waals surface area (Å²) in [6.45, 7) is 6.45. The first-order valence-corrected chi connectivity index (χ1v) is 12.1.